The first-order valence-corrected chi connectivity index (χ1v) is 6.87. The number of nitrogens with two attached hydrogens (primary N) is 1. The Morgan fingerprint density at radius 1 is 1.38 bits per heavy atom. The molecule has 0 fully saturated rings. The van der Waals surface area contributed by atoms with Gasteiger partial charge in [-0.2, -0.15) is 8.78 Å². The summed E-state index contributed by atoms with van der Waals surface area (Å²) in [6.07, 6.45) is 1.91. The smallest absolute Gasteiger partial charge is 0.387 e. The van der Waals surface area contributed by atoms with E-state index in [1.165, 1.54) is 12.1 Å². The molecule has 21 heavy (non-hydrogen) atoms. The van der Waals surface area contributed by atoms with Crippen molar-refractivity contribution in [2.45, 2.75) is 39.7 Å². The van der Waals surface area contributed by atoms with Gasteiger partial charge in [0.1, 0.15) is 5.75 Å². The number of carbonyl (C=O) groups excluding carboxylic acids is 1. The first kappa shape index (κ1) is 17.4. The molecule has 4 nitrogen and oxygen atoms in total. The number of halogens is 2. The van der Waals surface area contributed by atoms with Crippen LogP contribution in [0.3, 0.4) is 0 Å². The minimum absolute atomic E-state index is 0.00667. The highest BCUT2D eigenvalue weighted by atomic mass is 19.3. The number of benzene rings is 1. The molecule has 0 aliphatic carbocycles. The first-order valence-electron chi connectivity index (χ1n) is 6.87. The zero-order valence-corrected chi connectivity index (χ0v) is 12.4. The lowest BCUT2D eigenvalue weighted by molar-refractivity contribution is -0.116. The number of alkyl halides is 2. The molecule has 1 amide bonds. The summed E-state index contributed by atoms with van der Waals surface area (Å²) in [7, 11) is 0. The fourth-order valence-electron chi connectivity index (χ4n) is 1.94. The van der Waals surface area contributed by atoms with Gasteiger partial charge < -0.3 is 15.8 Å². The molecule has 3 N–H and O–H groups in total. The van der Waals surface area contributed by atoms with Crippen LogP contribution in [0, 0.1) is 5.41 Å². The third-order valence-corrected chi connectivity index (χ3v) is 3.19. The van der Waals surface area contributed by atoms with E-state index in [1.807, 2.05) is 0 Å². The number of amides is 1. The lowest BCUT2D eigenvalue weighted by Gasteiger charge is -2.23. The van der Waals surface area contributed by atoms with Crippen molar-refractivity contribution in [3.05, 3.63) is 24.3 Å². The maximum absolute atomic E-state index is 12.1. The molecule has 118 valence electrons. The van der Waals surface area contributed by atoms with Crippen molar-refractivity contribution < 1.29 is 18.3 Å². The van der Waals surface area contributed by atoms with Crippen LogP contribution in [0.5, 0.6) is 5.75 Å². The zero-order chi connectivity index (χ0) is 15.9. The van der Waals surface area contributed by atoms with Gasteiger partial charge in [-0.3, -0.25) is 4.79 Å². The average molecular weight is 300 g/mol. The molecule has 0 bridgehead atoms. The molecular formula is C15H22F2N2O2. The standard InChI is InChI=1S/C15H22F2N2O2/c1-15(2,8-9-18)7-6-13(20)19-11-4-3-5-12(10-11)21-14(16)17/h3-5,10,14H,6-9,18H2,1-2H3,(H,19,20). The van der Waals surface area contributed by atoms with Crippen LogP contribution in [0.15, 0.2) is 24.3 Å². The molecule has 0 aliphatic heterocycles. The molecule has 0 atom stereocenters. The number of hydrogen-bond donors (Lipinski definition) is 2. The van der Waals surface area contributed by atoms with E-state index in [9.17, 15) is 13.6 Å². The van der Waals surface area contributed by atoms with Gasteiger partial charge in [-0.25, -0.2) is 0 Å². The van der Waals surface area contributed by atoms with Gasteiger partial charge in [-0.1, -0.05) is 19.9 Å². The Morgan fingerprint density at radius 2 is 2.10 bits per heavy atom. The van der Waals surface area contributed by atoms with Crippen LogP contribution in [-0.4, -0.2) is 19.1 Å². The Morgan fingerprint density at radius 3 is 2.71 bits per heavy atom. The van der Waals surface area contributed by atoms with Crippen molar-refractivity contribution in [2.24, 2.45) is 11.1 Å². The maximum atomic E-state index is 12.1. The highest BCUT2D eigenvalue weighted by Gasteiger charge is 2.18. The second-order valence-corrected chi connectivity index (χ2v) is 5.66. The fourth-order valence-corrected chi connectivity index (χ4v) is 1.94. The van der Waals surface area contributed by atoms with E-state index < -0.39 is 6.61 Å². The third kappa shape index (κ3) is 7.04. The summed E-state index contributed by atoms with van der Waals surface area (Å²) in [5, 5.41) is 2.68. The minimum atomic E-state index is -2.88. The monoisotopic (exact) mass is 300 g/mol. The fraction of sp³-hybridized carbons (Fsp3) is 0.533. The average Bonchev–Trinajstić information content (AvgIpc) is 2.36. The predicted molar refractivity (Wildman–Crippen MR) is 78.4 cm³/mol. The van der Waals surface area contributed by atoms with Gasteiger partial charge >= 0.3 is 6.61 Å². The summed E-state index contributed by atoms with van der Waals surface area (Å²) in [6, 6.07) is 5.95. The van der Waals surface area contributed by atoms with Crippen LogP contribution in [-0.2, 0) is 4.79 Å². The van der Waals surface area contributed by atoms with Crippen LogP contribution in [0.25, 0.3) is 0 Å². The summed E-state index contributed by atoms with van der Waals surface area (Å²) in [5.74, 6) is -0.138. The molecule has 0 aromatic heterocycles. The number of ether oxygens (including phenoxy) is 1. The largest absolute Gasteiger partial charge is 0.435 e. The molecule has 0 radical (unpaired) electrons. The molecule has 1 rings (SSSR count). The summed E-state index contributed by atoms with van der Waals surface area (Å²) in [4.78, 5) is 11.9. The molecule has 1 aromatic rings. The van der Waals surface area contributed by atoms with Gasteiger partial charge in [0, 0.05) is 18.2 Å². The second-order valence-electron chi connectivity index (χ2n) is 5.66. The number of nitrogens with one attached hydrogen (secondary N) is 1. The van der Waals surface area contributed by atoms with Gasteiger partial charge in [0.15, 0.2) is 0 Å². The summed E-state index contributed by atoms with van der Waals surface area (Å²) in [5.41, 5.74) is 5.97. The van der Waals surface area contributed by atoms with Gasteiger partial charge in [-0.05, 0) is 36.9 Å². The Hall–Kier alpha value is -1.69. The second kappa shape index (κ2) is 7.93. The van der Waals surface area contributed by atoms with Crippen LogP contribution in [0.1, 0.15) is 33.1 Å². The van der Waals surface area contributed by atoms with E-state index in [1.54, 1.807) is 12.1 Å². The molecule has 0 saturated heterocycles. The SMILES string of the molecule is CC(C)(CCN)CCC(=O)Nc1cccc(OC(F)F)c1. The highest BCUT2D eigenvalue weighted by Crippen LogP contribution is 2.26. The van der Waals surface area contributed by atoms with Gasteiger partial charge in [0.25, 0.3) is 0 Å². The van der Waals surface area contributed by atoms with E-state index in [2.05, 4.69) is 23.9 Å². The van der Waals surface area contributed by atoms with E-state index in [4.69, 9.17) is 5.73 Å². The van der Waals surface area contributed by atoms with E-state index in [0.717, 1.165) is 6.42 Å². The lowest BCUT2D eigenvalue weighted by atomic mass is 9.84. The number of hydrogen-bond acceptors (Lipinski definition) is 3. The maximum Gasteiger partial charge on any atom is 0.387 e. The molecule has 0 heterocycles. The number of carbonyl (C=O) groups is 1. The molecule has 6 heteroatoms. The van der Waals surface area contributed by atoms with Crippen molar-refractivity contribution in [3.63, 3.8) is 0 Å². The van der Waals surface area contributed by atoms with Crippen LogP contribution in [0.2, 0.25) is 0 Å². The van der Waals surface area contributed by atoms with Gasteiger partial charge in [0.05, 0.1) is 0 Å². The lowest BCUT2D eigenvalue weighted by Crippen LogP contribution is -2.20. The van der Waals surface area contributed by atoms with Gasteiger partial charge in [-0.15, -0.1) is 0 Å². The Bertz CT molecular complexity index is 465. The summed E-state index contributed by atoms with van der Waals surface area (Å²) < 4.78 is 28.5. The number of rotatable bonds is 8. The molecule has 0 aliphatic rings. The van der Waals surface area contributed by atoms with Crippen molar-refractivity contribution in [2.75, 3.05) is 11.9 Å². The van der Waals surface area contributed by atoms with Crippen molar-refractivity contribution in [1.29, 1.82) is 0 Å². The summed E-state index contributed by atoms with van der Waals surface area (Å²) >= 11 is 0. The van der Waals surface area contributed by atoms with E-state index >= 15 is 0 Å². The molecule has 0 spiro atoms. The topological polar surface area (TPSA) is 64.4 Å². The zero-order valence-electron chi connectivity index (χ0n) is 12.4. The van der Waals surface area contributed by atoms with E-state index in [0.29, 0.717) is 25.1 Å². The first-order chi connectivity index (χ1) is 9.82. The Kier molecular flexibility index (Phi) is 6.55. The normalized spacial score (nSPS) is 11.5. The quantitative estimate of drug-likeness (QED) is 0.773. The van der Waals surface area contributed by atoms with Crippen molar-refractivity contribution >= 4 is 11.6 Å². The molecule has 0 saturated carbocycles. The molecule has 1 aromatic carbocycles. The predicted octanol–water partition coefficient (Wildman–Crippen LogP) is 3.38. The van der Waals surface area contributed by atoms with Crippen LogP contribution < -0.4 is 15.8 Å². The van der Waals surface area contributed by atoms with Gasteiger partial charge in [0.2, 0.25) is 5.91 Å². The van der Waals surface area contributed by atoms with Crippen LogP contribution >= 0.6 is 0 Å². The Labute approximate surface area is 123 Å². The summed E-state index contributed by atoms with van der Waals surface area (Å²) in [6.45, 7) is 1.82. The third-order valence-electron chi connectivity index (χ3n) is 3.19. The van der Waals surface area contributed by atoms with Crippen molar-refractivity contribution in [3.8, 4) is 5.75 Å². The number of anilines is 1. The van der Waals surface area contributed by atoms with E-state index in [-0.39, 0.29) is 17.1 Å². The van der Waals surface area contributed by atoms with Crippen molar-refractivity contribution in [1.82, 2.24) is 0 Å². The highest BCUT2D eigenvalue weighted by molar-refractivity contribution is 5.90. The minimum Gasteiger partial charge on any atom is -0.435 e. The molecule has 0 unspecified atom stereocenters. The molecular weight excluding hydrogens is 278 g/mol. The van der Waals surface area contributed by atoms with Crippen LogP contribution in [0.4, 0.5) is 14.5 Å². The Balaban J connectivity index is 2.51.